The lowest BCUT2D eigenvalue weighted by molar-refractivity contribution is -0.116. The van der Waals surface area contributed by atoms with E-state index in [4.69, 9.17) is 4.74 Å². The molecule has 0 fully saturated rings. The number of anilines is 1. The standard InChI is InChI=1S/C18H18N4O3/c1-25-13-8-6-12(7-9-13)20-16(23)10-11-19-18(24)17-14-4-2-3-5-15(14)21-22-17/h2-9H,10-11H2,1H3,(H,19,24)(H,20,23)(H,21,22). The number of hydrogen-bond donors (Lipinski definition) is 3. The van der Waals surface area contributed by atoms with E-state index in [2.05, 4.69) is 20.8 Å². The smallest absolute Gasteiger partial charge is 0.272 e. The minimum atomic E-state index is -0.310. The lowest BCUT2D eigenvalue weighted by Crippen LogP contribution is -2.28. The Morgan fingerprint density at radius 3 is 2.64 bits per heavy atom. The van der Waals surface area contributed by atoms with Gasteiger partial charge in [0.25, 0.3) is 5.91 Å². The topological polar surface area (TPSA) is 96.1 Å². The molecule has 0 aliphatic carbocycles. The van der Waals surface area contributed by atoms with Crippen LogP contribution in [-0.2, 0) is 4.79 Å². The van der Waals surface area contributed by atoms with Gasteiger partial charge in [0, 0.05) is 24.0 Å². The predicted molar refractivity (Wildman–Crippen MR) is 94.7 cm³/mol. The van der Waals surface area contributed by atoms with Crippen LogP contribution in [0.15, 0.2) is 48.5 Å². The fraction of sp³-hybridized carbons (Fsp3) is 0.167. The van der Waals surface area contributed by atoms with Gasteiger partial charge in [-0.1, -0.05) is 18.2 Å². The number of hydrogen-bond acceptors (Lipinski definition) is 4. The fourth-order valence-electron chi connectivity index (χ4n) is 2.41. The molecule has 0 saturated heterocycles. The highest BCUT2D eigenvalue weighted by Crippen LogP contribution is 2.16. The minimum Gasteiger partial charge on any atom is -0.497 e. The maximum absolute atomic E-state index is 12.2. The van der Waals surface area contributed by atoms with E-state index in [1.54, 1.807) is 31.4 Å². The van der Waals surface area contributed by atoms with E-state index in [1.165, 1.54) is 0 Å². The molecule has 0 atom stereocenters. The zero-order valence-corrected chi connectivity index (χ0v) is 13.7. The molecule has 3 rings (SSSR count). The first-order valence-electron chi connectivity index (χ1n) is 7.82. The summed E-state index contributed by atoms with van der Waals surface area (Å²) in [5.74, 6) is 0.226. The monoisotopic (exact) mass is 338 g/mol. The number of aromatic amines is 1. The van der Waals surface area contributed by atoms with Gasteiger partial charge >= 0.3 is 0 Å². The molecule has 2 aromatic carbocycles. The summed E-state index contributed by atoms with van der Waals surface area (Å²) in [4.78, 5) is 24.1. The van der Waals surface area contributed by atoms with Crippen LogP contribution in [0.4, 0.5) is 5.69 Å². The van der Waals surface area contributed by atoms with Crippen LogP contribution in [0.25, 0.3) is 10.9 Å². The highest BCUT2D eigenvalue weighted by atomic mass is 16.5. The molecule has 0 bridgehead atoms. The molecule has 2 amide bonds. The Bertz CT molecular complexity index is 887. The number of amides is 2. The number of benzene rings is 2. The Morgan fingerprint density at radius 2 is 1.88 bits per heavy atom. The Labute approximate surface area is 144 Å². The van der Waals surface area contributed by atoms with Crippen LogP contribution >= 0.6 is 0 Å². The van der Waals surface area contributed by atoms with Gasteiger partial charge in [-0.15, -0.1) is 0 Å². The maximum Gasteiger partial charge on any atom is 0.272 e. The van der Waals surface area contributed by atoms with Crippen molar-refractivity contribution in [2.24, 2.45) is 0 Å². The molecule has 7 nitrogen and oxygen atoms in total. The third kappa shape index (κ3) is 3.95. The number of nitrogens with zero attached hydrogens (tertiary/aromatic N) is 1. The van der Waals surface area contributed by atoms with Crippen LogP contribution in [-0.4, -0.2) is 35.7 Å². The first-order chi connectivity index (χ1) is 12.2. The van der Waals surface area contributed by atoms with E-state index >= 15 is 0 Å². The van der Waals surface area contributed by atoms with Gasteiger partial charge in [-0.2, -0.15) is 5.10 Å². The highest BCUT2D eigenvalue weighted by Gasteiger charge is 2.13. The molecule has 25 heavy (non-hydrogen) atoms. The summed E-state index contributed by atoms with van der Waals surface area (Å²) >= 11 is 0. The molecule has 0 unspecified atom stereocenters. The molecule has 0 aliphatic heterocycles. The molecule has 1 heterocycles. The molecule has 3 aromatic rings. The fourth-order valence-corrected chi connectivity index (χ4v) is 2.41. The van der Waals surface area contributed by atoms with Crippen molar-refractivity contribution in [2.45, 2.75) is 6.42 Å². The predicted octanol–water partition coefficient (Wildman–Crippen LogP) is 2.33. The van der Waals surface area contributed by atoms with Gasteiger partial charge in [-0.25, -0.2) is 0 Å². The molecule has 0 aliphatic rings. The van der Waals surface area contributed by atoms with Crippen molar-refractivity contribution in [1.29, 1.82) is 0 Å². The summed E-state index contributed by atoms with van der Waals surface area (Å²) in [6, 6.07) is 14.4. The lowest BCUT2D eigenvalue weighted by Gasteiger charge is -2.07. The Kier molecular flexibility index (Phi) is 4.94. The van der Waals surface area contributed by atoms with Crippen molar-refractivity contribution >= 4 is 28.4 Å². The van der Waals surface area contributed by atoms with Crippen LogP contribution in [0.5, 0.6) is 5.75 Å². The van der Waals surface area contributed by atoms with Crippen molar-refractivity contribution < 1.29 is 14.3 Å². The average molecular weight is 338 g/mol. The van der Waals surface area contributed by atoms with E-state index in [0.717, 1.165) is 16.7 Å². The molecular weight excluding hydrogens is 320 g/mol. The highest BCUT2D eigenvalue weighted by molar-refractivity contribution is 6.04. The molecule has 0 saturated carbocycles. The van der Waals surface area contributed by atoms with E-state index in [-0.39, 0.29) is 24.8 Å². The van der Waals surface area contributed by atoms with Crippen molar-refractivity contribution in [1.82, 2.24) is 15.5 Å². The van der Waals surface area contributed by atoms with E-state index in [9.17, 15) is 9.59 Å². The summed E-state index contributed by atoms with van der Waals surface area (Å²) < 4.78 is 5.06. The summed E-state index contributed by atoms with van der Waals surface area (Å²) in [6.07, 6.45) is 0.167. The SMILES string of the molecule is COc1ccc(NC(=O)CCNC(=O)c2n[nH]c3ccccc23)cc1. The number of carbonyl (C=O) groups excluding carboxylic acids is 2. The maximum atomic E-state index is 12.2. The third-order valence-corrected chi connectivity index (χ3v) is 3.70. The second-order valence-electron chi connectivity index (χ2n) is 5.40. The lowest BCUT2D eigenvalue weighted by atomic mass is 10.2. The molecule has 0 spiro atoms. The Morgan fingerprint density at radius 1 is 1.12 bits per heavy atom. The van der Waals surface area contributed by atoms with Gasteiger partial charge in [0.2, 0.25) is 5.91 Å². The molecule has 3 N–H and O–H groups in total. The minimum absolute atomic E-state index is 0.167. The number of methoxy groups -OCH3 is 1. The van der Waals surface area contributed by atoms with Crippen LogP contribution in [0, 0.1) is 0 Å². The summed E-state index contributed by atoms with van der Waals surface area (Å²) in [5, 5.41) is 13.1. The number of fused-ring (bicyclic) bond motifs is 1. The van der Waals surface area contributed by atoms with Gasteiger partial charge in [0.15, 0.2) is 5.69 Å². The third-order valence-electron chi connectivity index (χ3n) is 3.70. The molecular formula is C18H18N4O3. The van der Waals surface area contributed by atoms with Gasteiger partial charge < -0.3 is 15.4 Å². The van der Waals surface area contributed by atoms with E-state index in [1.807, 2.05) is 24.3 Å². The number of ether oxygens (including phenoxy) is 1. The number of nitrogens with one attached hydrogen (secondary N) is 3. The molecule has 128 valence electrons. The van der Waals surface area contributed by atoms with E-state index in [0.29, 0.717) is 11.4 Å². The van der Waals surface area contributed by atoms with Crippen LogP contribution in [0.2, 0.25) is 0 Å². The Hall–Kier alpha value is -3.35. The zero-order chi connectivity index (χ0) is 17.6. The first-order valence-corrected chi connectivity index (χ1v) is 7.82. The zero-order valence-electron chi connectivity index (χ0n) is 13.7. The number of para-hydroxylation sites is 1. The van der Waals surface area contributed by atoms with E-state index < -0.39 is 0 Å². The van der Waals surface area contributed by atoms with Gasteiger partial charge in [-0.05, 0) is 30.3 Å². The number of rotatable bonds is 6. The number of H-pyrrole nitrogens is 1. The van der Waals surface area contributed by atoms with Gasteiger partial charge in [0.1, 0.15) is 5.75 Å². The Balaban J connectivity index is 1.50. The second kappa shape index (κ2) is 7.48. The van der Waals surface area contributed by atoms with Crippen molar-refractivity contribution in [3.63, 3.8) is 0 Å². The summed E-state index contributed by atoms with van der Waals surface area (Å²) in [5.41, 5.74) is 1.80. The number of aromatic nitrogens is 2. The average Bonchev–Trinajstić information content (AvgIpc) is 3.06. The summed E-state index contributed by atoms with van der Waals surface area (Å²) in [7, 11) is 1.58. The van der Waals surface area contributed by atoms with Crippen molar-refractivity contribution in [2.75, 3.05) is 19.0 Å². The normalized spacial score (nSPS) is 10.4. The van der Waals surface area contributed by atoms with Crippen LogP contribution in [0.3, 0.4) is 0 Å². The summed E-state index contributed by atoms with van der Waals surface area (Å²) in [6.45, 7) is 0.224. The van der Waals surface area contributed by atoms with Gasteiger partial charge in [-0.3, -0.25) is 14.7 Å². The van der Waals surface area contributed by atoms with Gasteiger partial charge in [0.05, 0.1) is 12.6 Å². The molecule has 0 radical (unpaired) electrons. The van der Waals surface area contributed by atoms with Crippen LogP contribution in [0.1, 0.15) is 16.9 Å². The molecule has 7 heteroatoms. The van der Waals surface area contributed by atoms with Crippen LogP contribution < -0.4 is 15.4 Å². The van der Waals surface area contributed by atoms with Crippen molar-refractivity contribution in [3.8, 4) is 5.75 Å². The number of carbonyl (C=O) groups is 2. The largest absolute Gasteiger partial charge is 0.497 e. The quantitative estimate of drug-likeness (QED) is 0.643. The van der Waals surface area contributed by atoms with Crippen molar-refractivity contribution in [3.05, 3.63) is 54.2 Å². The first kappa shape index (κ1) is 16.5. The molecule has 1 aromatic heterocycles. The second-order valence-corrected chi connectivity index (χ2v) is 5.40.